The van der Waals surface area contributed by atoms with Gasteiger partial charge >= 0.3 is 5.97 Å². The molecule has 3 unspecified atom stereocenters. The summed E-state index contributed by atoms with van der Waals surface area (Å²) in [5.41, 5.74) is 4.65. The summed E-state index contributed by atoms with van der Waals surface area (Å²) in [5.74, 6) is 0.0956. The number of amides is 1. The van der Waals surface area contributed by atoms with Crippen LogP contribution in [0.15, 0.2) is 83.8 Å². The molecule has 0 bridgehead atoms. The molecular formula is C33H38Cl2N2O5. The number of ether oxygens (including phenoxy) is 3. The van der Waals surface area contributed by atoms with Crippen LogP contribution in [0.25, 0.3) is 0 Å². The zero-order valence-electron chi connectivity index (χ0n) is 24.3. The summed E-state index contributed by atoms with van der Waals surface area (Å²) in [4.78, 5) is 30.6. The van der Waals surface area contributed by atoms with Crippen LogP contribution in [0.4, 0.5) is 0 Å². The van der Waals surface area contributed by atoms with Crippen LogP contribution in [0.3, 0.4) is 0 Å². The molecule has 1 aliphatic carbocycles. The van der Waals surface area contributed by atoms with Gasteiger partial charge in [0, 0.05) is 41.8 Å². The molecule has 3 atom stereocenters. The largest absolute Gasteiger partial charge is 0.497 e. The summed E-state index contributed by atoms with van der Waals surface area (Å²) in [6.45, 7) is 7.18. The molecule has 0 N–H and O–H groups in total. The highest BCUT2D eigenvalue weighted by atomic mass is 35.5. The molecule has 0 spiro atoms. The summed E-state index contributed by atoms with van der Waals surface area (Å²) in [5, 5.41) is 0.569. The Labute approximate surface area is 259 Å². The van der Waals surface area contributed by atoms with E-state index >= 15 is 0 Å². The normalized spacial score (nSPS) is 21.9. The van der Waals surface area contributed by atoms with Crippen molar-refractivity contribution in [2.24, 2.45) is 5.92 Å². The van der Waals surface area contributed by atoms with Gasteiger partial charge in [-0.05, 0) is 66.5 Å². The lowest BCUT2D eigenvalue weighted by Crippen LogP contribution is -2.40. The lowest BCUT2D eigenvalue weighted by Gasteiger charge is -2.33. The van der Waals surface area contributed by atoms with Gasteiger partial charge < -0.3 is 19.1 Å². The first-order valence-electron chi connectivity index (χ1n) is 14.2. The lowest BCUT2D eigenvalue weighted by molar-refractivity contribution is -0.143. The average molecular weight is 614 g/mol. The quantitative estimate of drug-likeness (QED) is 0.317. The van der Waals surface area contributed by atoms with Gasteiger partial charge in [0.15, 0.2) is 0 Å². The number of benzene rings is 2. The number of rotatable bonds is 9. The van der Waals surface area contributed by atoms with Crippen LogP contribution < -0.4 is 0 Å². The number of halogens is 2. The number of carbonyl (C=O) groups is 2. The molecule has 9 heteroatoms. The highest BCUT2D eigenvalue weighted by molar-refractivity contribution is 6.30. The maximum atomic E-state index is 13.5. The first-order valence-corrected chi connectivity index (χ1v) is 14.6. The molecular weight excluding hydrogens is 575 g/mol. The number of aryl methyl sites for hydroxylation is 1. The predicted molar refractivity (Wildman–Crippen MR) is 166 cm³/mol. The standard InChI is InChI=1S/C33H37ClN2O5.ClH/c1-4-23-5-7-24(8-6-23)31-21-35(15-17-40-31)16-18-41-32(37)20-28-22(2)36(30-14-13-27(39-3)19-29(28)30)33(38)25-9-11-26(34)12-10-25;/h5-14,19,29-31H,4,15-18,20-21H2,1-3H3;1H. The zero-order chi connectivity index (χ0) is 28.9. The van der Waals surface area contributed by atoms with E-state index in [-0.39, 0.29) is 48.8 Å². The van der Waals surface area contributed by atoms with Gasteiger partial charge in [-0.3, -0.25) is 14.5 Å². The van der Waals surface area contributed by atoms with Gasteiger partial charge in [-0.25, -0.2) is 0 Å². The summed E-state index contributed by atoms with van der Waals surface area (Å²) < 4.78 is 17.2. The highest BCUT2D eigenvalue weighted by Crippen LogP contribution is 2.41. The Balaban J connectivity index is 0.00000405. The van der Waals surface area contributed by atoms with Crippen molar-refractivity contribution in [3.05, 3.63) is 106 Å². The van der Waals surface area contributed by atoms with E-state index in [0.717, 1.165) is 30.8 Å². The first-order chi connectivity index (χ1) is 19.9. The third kappa shape index (κ3) is 7.09. The predicted octanol–water partition coefficient (Wildman–Crippen LogP) is 6.15. The number of methoxy groups -OCH3 is 1. The molecule has 1 saturated heterocycles. The van der Waals surface area contributed by atoms with E-state index in [1.165, 1.54) is 11.1 Å². The second kappa shape index (κ2) is 14.4. The van der Waals surface area contributed by atoms with Gasteiger partial charge in [0.1, 0.15) is 12.4 Å². The van der Waals surface area contributed by atoms with Crippen molar-refractivity contribution >= 4 is 35.9 Å². The number of carbonyl (C=O) groups excluding carboxylic acids is 2. The molecule has 3 aliphatic rings. The number of morpholine rings is 1. The first kappa shape index (κ1) is 31.8. The Morgan fingerprint density at radius 3 is 2.52 bits per heavy atom. The van der Waals surface area contributed by atoms with Crippen LogP contribution in [0.2, 0.25) is 5.02 Å². The van der Waals surface area contributed by atoms with Crippen LogP contribution in [0.1, 0.15) is 47.9 Å². The molecule has 2 aromatic carbocycles. The molecule has 2 aliphatic heterocycles. The van der Waals surface area contributed by atoms with Crippen molar-refractivity contribution in [2.45, 2.75) is 38.8 Å². The molecule has 0 aromatic heterocycles. The monoisotopic (exact) mass is 612 g/mol. The number of nitrogens with zero attached hydrogens (tertiary/aromatic N) is 2. The number of esters is 1. The maximum absolute atomic E-state index is 13.5. The minimum Gasteiger partial charge on any atom is -0.497 e. The number of allylic oxidation sites excluding steroid dienone is 2. The van der Waals surface area contributed by atoms with E-state index in [1.54, 1.807) is 36.3 Å². The molecule has 224 valence electrons. The Morgan fingerprint density at radius 2 is 1.83 bits per heavy atom. The smallest absolute Gasteiger partial charge is 0.310 e. The van der Waals surface area contributed by atoms with Crippen LogP contribution in [-0.2, 0) is 25.4 Å². The SMILES string of the molecule is CCc1ccc(C2CN(CCOC(=O)CC3=C(C)N(C(=O)c4ccc(Cl)cc4)C4C=CC(OC)=CC34)CCO2)cc1.Cl. The van der Waals surface area contributed by atoms with Crippen molar-refractivity contribution < 1.29 is 23.8 Å². The van der Waals surface area contributed by atoms with Crippen molar-refractivity contribution in [1.82, 2.24) is 9.80 Å². The summed E-state index contributed by atoms with van der Waals surface area (Å²) in [6.07, 6.45) is 6.94. The van der Waals surface area contributed by atoms with E-state index in [0.29, 0.717) is 36.1 Å². The number of hydrogen-bond acceptors (Lipinski definition) is 6. The van der Waals surface area contributed by atoms with Gasteiger partial charge in [-0.2, -0.15) is 0 Å². The highest BCUT2D eigenvalue weighted by Gasteiger charge is 2.42. The Bertz CT molecular complexity index is 1350. The lowest BCUT2D eigenvalue weighted by atomic mass is 9.88. The van der Waals surface area contributed by atoms with E-state index in [2.05, 4.69) is 36.1 Å². The molecule has 7 nitrogen and oxygen atoms in total. The van der Waals surface area contributed by atoms with Gasteiger partial charge in [-0.15, -0.1) is 12.4 Å². The molecule has 2 heterocycles. The fraction of sp³-hybridized carbons (Fsp3) is 0.394. The van der Waals surface area contributed by atoms with Crippen LogP contribution in [-0.4, -0.2) is 67.7 Å². The van der Waals surface area contributed by atoms with E-state index in [4.69, 9.17) is 25.8 Å². The van der Waals surface area contributed by atoms with Crippen molar-refractivity contribution in [2.75, 3.05) is 40.0 Å². The maximum Gasteiger partial charge on any atom is 0.310 e. The fourth-order valence-electron chi connectivity index (χ4n) is 5.79. The molecule has 1 fully saturated rings. The molecule has 2 aromatic rings. The number of hydrogen-bond donors (Lipinski definition) is 0. The Kier molecular flexibility index (Phi) is 10.9. The minimum absolute atomic E-state index is 0. The van der Waals surface area contributed by atoms with Crippen molar-refractivity contribution in [3.8, 4) is 0 Å². The van der Waals surface area contributed by atoms with Crippen LogP contribution in [0, 0.1) is 5.92 Å². The summed E-state index contributed by atoms with van der Waals surface area (Å²) in [6, 6.07) is 15.2. The van der Waals surface area contributed by atoms with Gasteiger partial charge in [0.25, 0.3) is 5.91 Å². The van der Waals surface area contributed by atoms with Gasteiger partial charge in [0.05, 0.1) is 32.3 Å². The zero-order valence-corrected chi connectivity index (χ0v) is 25.8. The summed E-state index contributed by atoms with van der Waals surface area (Å²) >= 11 is 6.04. The second-order valence-corrected chi connectivity index (χ2v) is 11.0. The summed E-state index contributed by atoms with van der Waals surface area (Å²) in [7, 11) is 1.61. The average Bonchev–Trinajstić information content (AvgIpc) is 3.27. The molecule has 0 radical (unpaired) electrons. The van der Waals surface area contributed by atoms with Gasteiger partial charge in [0.2, 0.25) is 0 Å². The van der Waals surface area contributed by atoms with Gasteiger partial charge in [-0.1, -0.05) is 48.9 Å². The molecule has 0 saturated carbocycles. The third-order valence-corrected chi connectivity index (χ3v) is 8.41. The molecule has 42 heavy (non-hydrogen) atoms. The van der Waals surface area contributed by atoms with E-state index < -0.39 is 0 Å². The third-order valence-electron chi connectivity index (χ3n) is 8.16. The van der Waals surface area contributed by atoms with Crippen molar-refractivity contribution in [1.29, 1.82) is 0 Å². The van der Waals surface area contributed by atoms with Crippen LogP contribution >= 0.6 is 24.0 Å². The van der Waals surface area contributed by atoms with Crippen molar-refractivity contribution in [3.63, 3.8) is 0 Å². The van der Waals surface area contributed by atoms with E-state index in [1.807, 2.05) is 25.2 Å². The Morgan fingerprint density at radius 1 is 1.10 bits per heavy atom. The molecule has 5 rings (SSSR count). The second-order valence-electron chi connectivity index (χ2n) is 10.6. The Hall–Kier alpha value is -3.10. The topological polar surface area (TPSA) is 68.3 Å². The fourth-order valence-corrected chi connectivity index (χ4v) is 5.91. The van der Waals surface area contributed by atoms with E-state index in [9.17, 15) is 9.59 Å². The molecule has 1 amide bonds. The minimum atomic E-state index is -0.305. The van der Waals surface area contributed by atoms with Crippen LogP contribution in [0.5, 0.6) is 0 Å². The number of fused-ring (bicyclic) bond motifs is 1.